The minimum Gasteiger partial charge on any atom is -0.377 e. The largest absolute Gasteiger partial charge is 0.416 e. The van der Waals surface area contributed by atoms with Crippen LogP contribution in [-0.2, 0) is 23.3 Å². The lowest BCUT2D eigenvalue weighted by molar-refractivity contribution is -0.137. The van der Waals surface area contributed by atoms with Crippen molar-refractivity contribution in [3.05, 3.63) is 29.6 Å². The predicted molar refractivity (Wildman–Crippen MR) is 75.4 cm³/mol. The molecule has 3 nitrogen and oxygen atoms in total. The van der Waals surface area contributed by atoms with Gasteiger partial charge in [-0.3, -0.25) is 0 Å². The van der Waals surface area contributed by atoms with Crippen LogP contribution in [0.2, 0.25) is 0 Å². The Kier molecular flexibility index (Phi) is 4.78. The van der Waals surface area contributed by atoms with E-state index in [4.69, 9.17) is 16.3 Å². The first-order valence-electron chi connectivity index (χ1n) is 6.60. The fourth-order valence-corrected chi connectivity index (χ4v) is 2.46. The van der Waals surface area contributed by atoms with Crippen molar-refractivity contribution in [1.82, 2.24) is 9.55 Å². The van der Waals surface area contributed by atoms with Crippen LogP contribution in [0, 0.1) is 0 Å². The Hall–Kier alpha value is -1.27. The minimum atomic E-state index is -4.38. The topological polar surface area (TPSA) is 27.1 Å². The molecule has 2 rings (SSSR count). The summed E-state index contributed by atoms with van der Waals surface area (Å²) in [6, 6.07) is 3.54. The van der Waals surface area contributed by atoms with E-state index < -0.39 is 11.7 Å². The van der Waals surface area contributed by atoms with E-state index >= 15 is 0 Å². The van der Waals surface area contributed by atoms with Crippen molar-refractivity contribution < 1.29 is 17.9 Å². The number of benzene rings is 1. The zero-order valence-corrected chi connectivity index (χ0v) is 12.5. The number of fused-ring (bicyclic) bond motifs is 1. The van der Waals surface area contributed by atoms with Gasteiger partial charge >= 0.3 is 6.18 Å². The van der Waals surface area contributed by atoms with Gasteiger partial charge in [0.15, 0.2) is 0 Å². The zero-order chi connectivity index (χ0) is 15.6. The Bertz CT molecular complexity index is 624. The molecule has 1 heterocycles. The molecule has 0 N–H and O–H groups in total. The molecule has 0 aliphatic carbocycles. The van der Waals surface area contributed by atoms with Crippen LogP contribution in [0.3, 0.4) is 0 Å². The molecule has 1 atom stereocenters. The number of hydrogen-bond donors (Lipinski definition) is 0. The molecular formula is C14H16ClF3N2O. The van der Waals surface area contributed by atoms with Gasteiger partial charge in [-0.15, -0.1) is 11.6 Å². The van der Waals surface area contributed by atoms with Gasteiger partial charge in [-0.2, -0.15) is 13.2 Å². The van der Waals surface area contributed by atoms with Crippen molar-refractivity contribution in [3.63, 3.8) is 0 Å². The highest BCUT2D eigenvalue weighted by Gasteiger charge is 2.31. The van der Waals surface area contributed by atoms with E-state index in [0.29, 0.717) is 30.0 Å². The van der Waals surface area contributed by atoms with Crippen LogP contribution < -0.4 is 0 Å². The molecule has 0 aliphatic heterocycles. The molecule has 0 amide bonds. The SMILES string of the molecule is CCOC(C)Cn1c(CCl)nc2cc(C(F)(F)F)ccc21. The third-order valence-electron chi connectivity index (χ3n) is 3.17. The number of halogens is 4. The van der Waals surface area contributed by atoms with Crippen molar-refractivity contribution >= 4 is 22.6 Å². The van der Waals surface area contributed by atoms with E-state index in [-0.39, 0.29) is 12.0 Å². The number of aromatic nitrogens is 2. The molecule has 1 aromatic heterocycles. The summed E-state index contributed by atoms with van der Waals surface area (Å²) in [5.41, 5.74) is 0.216. The van der Waals surface area contributed by atoms with Gasteiger partial charge in [0, 0.05) is 6.61 Å². The van der Waals surface area contributed by atoms with Crippen LogP contribution in [0.15, 0.2) is 18.2 Å². The first-order chi connectivity index (χ1) is 9.86. The molecule has 2 aromatic rings. The summed E-state index contributed by atoms with van der Waals surface area (Å²) >= 11 is 5.85. The van der Waals surface area contributed by atoms with Crippen LogP contribution in [0.25, 0.3) is 11.0 Å². The molecule has 7 heteroatoms. The molecule has 0 saturated carbocycles. The van der Waals surface area contributed by atoms with Crippen molar-refractivity contribution in [2.45, 2.75) is 38.6 Å². The lowest BCUT2D eigenvalue weighted by atomic mass is 10.2. The van der Waals surface area contributed by atoms with E-state index in [0.717, 1.165) is 12.1 Å². The number of imidazole rings is 1. The van der Waals surface area contributed by atoms with Crippen molar-refractivity contribution in [2.75, 3.05) is 6.61 Å². The predicted octanol–water partition coefficient (Wildman–Crippen LogP) is 4.22. The molecule has 0 fully saturated rings. The van der Waals surface area contributed by atoms with E-state index in [1.54, 1.807) is 0 Å². The van der Waals surface area contributed by atoms with Crippen molar-refractivity contribution in [2.24, 2.45) is 0 Å². The molecule has 0 spiro atoms. The fourth-order valence-electron chi connectivity index (χ4n) is 2.26. The maximum Gasteiger partial charge on any atom is 0.416 e. The number of hydrogen-bond acceptors (Lipinski definition) is 2. The van der Waals surface area contributed by atoms with Crippen LogP contribution in [0.1, 0.15) is 25.2 Å². The summed E-state index contributed by atoms with van der Waals surface area (Å²) in [5, 5.41) is 0. The Morgan fingerprint density at radius 3 is 2.67 bits per heavy atom. The smallest absolute Gasteiger partial charge is 0.377 e. The number of alkyl halides is 4. The van der Waals surface area contributed by atoms with Gasteiger partial charge in [0.05, 0.1) is 35.1 Å². The van der Waals surface area contributed by atoms with Gasteiger partial charge in [0.25, 0.3) is 0 Å². The second-order valence-electron chi connectivity index (χ2n) is 4.74. The zero-order valence-electron chi connectivity index (χ0n) is 11.7. The van der Waals surface area contributed by atoms with Gasteiger partial charge in [-0.25, -0.2) is 4.98 Å². The quantitative estimate of drug-likeness (QED) is 0.771. The van der Waals surface area contributed by atoms with E-state index in [1.165, 1.54) is 6.07 Å². The Balaban J connectivity index is 2.45. The van der Waals surface area contributed by atoms with Gasteiger partial charge in [-0.05, 0) is 32.0 Å². The van der Waals surface area contributed by atoms with Gasteiger partial charge in [0.2, 0.25) is 0 Å². The second-order valence-corrected chi connectivity index (χ2v) is 5.01. The highest BCUT2D eigenvalue weighted by Crippen LogP contribution is 2.31. The average Bonchev–Trinajstić information content (AvgIpc) is 2.75. The summed E-state index contributed by atoms with van der Waals surface area (Å²) < 4.78 is 45.5. The number of ether oxygens (including phenoxy) is 1. The monoisotopic (exact) mass is 320 g/mol. The highest BCUT2D eigenvalue weighted by atomic mass is 35.5. The summed E-state index contributed by atoms with van der Waals surface area (Å²) in [6.45, 7) is 4.86. The maximum atomic E-state index is 12.7. The third kappa shape index (κ3) is 3.49. The van der Waals surface area contributed by atoms with Crippen LogP contribution in [0.4, 0.5) is 13.2 Å². The second kappa shape index (κ2) is 6.23. The van der Waals surface area contributed by atoms with Crippen LogP contribution >= 0.6 is 11.6 Å². The molecule has 116 valence electrons. The van der Waals surface area contributed by atoms with E-state index in [9.17, 15) is 13.2 Å². The lowest BCUT2D eigenvalue weighted by Gasteiger charge is -2.15. The Morgan fingerprint density at radius 1 is 1.38 bits per heavy atom. The van der Waals surface area contributed by atoms with E-state index in [2.05, 4.69) is 4.98 Å². The standard InChI is InChI=1S/C14H16ClF3N2O/c1-3-21-9(2)8-20-12-5-4-10(14(16,17)18)6-11(12)19-13(20)7-15/h4-6,9H,3,7-8H2,1-2H3. The maximum absolute atomic E-state index is 12.7. The van der Waals surface area contributed by atoms with Crippen molar-refractivity contribution in [3.8, 4) is 0 Å². The average molecular weight is 321 g/mol. The lowest BCUT2D eigenvalue weighted by Crippen LogP contribution is -2.18. The van der Waals surface area contributed by atoms with Gasteiger partial charge in [-0.1, -0.05) is 0 Å². The summed E-state index contributed by atoms with van der Waals surface area (Å²) in [6.07, 6.45) is -4.45. The first kappa shape index (κ1) is 16.1. The Morgan fingerprint density at radius 2 is 2.10 bits per heavy atom. The molecule has 0 radical (unpaired) electrons. The summed E-state index contributed by atoms with van der Waals surface area (Å²) in [4.78, 5) is 4.19. The molecule has 1 unspecified atom stereocenters. The molecule has 0 saturated heterocycles. The molecule has 0 bridgehead atoms. The molecular weight excluding hydrogens is 305 g/mol. The minimum absolute atomic E-state index is 0.0725. The van der Waals surface area contributed by atoms with Crippen LogP contribution in [0.5, 0.6) is 0 Å². The molecule has 0 aliphatic rings. The first-order valence-corrected chi connectivity index (χ1v) is 7.14. The number of rotatable bonds is 5. The van der Waals surface area contributed by atoms with E-state index in [1.807, 2.05) is 18.4 Å². The molecule has 1 aromatic carbocycles. The summed E-state index contributed by atoms with van der Waals surface area (Å²) in [5.74, 6) is 0.673. The normalized spacial score (nSPS) is 13.8. The van der Waals surface area contributed by atoms with Gasteiger partial charge < -0.3 is 9.30 Å². The number of nitrogens with zero attached hydrogens (tertiary/aromatic N) is 2. The highest BCUT2D eigenvalue weighted by molar-refractivity contribution is 6.16. The Labute approximate surface area is 125 Å². The fraction of sp³-hybridized carbons (Fsp3) is 0.500. The van der Waals surface area contributed by atoms with Gasteiger partial charge in [0.1, 0.15) is 5.82 Å². The van der Waals surface area contributed by atoms with Crippen molar-refractivity contribution in [1.29, 1.82) is 0 Å². The van der Waals surface area contributed by atoms with Crippen LogP contribution in [-0.4, -0.2) is 22.3 Å². The molecule has 21 heavy (non-hydrogen) atoms. The third-order valence-corrected chi connectivity index (χ3v) is 3.40. The summed E-state index contributed by atoms with van der Waals surface area (Å²) in [7, 11) is 0.